The Morgan fingerprint density at radius 3 is 2.61 bits per heavy atom. The molecule has 3 aromatic rings. The number of nitrogens with one attached hydrogen (secondary N) is 1. The van der Waals surface area contributed by atoms with Gasteiger partial charge in [-0.25, -0.2) is 23.7 Å². The van der Waals surface area contributed by atoms with Crippen LogP contribution in [-0.2, 0) is 17.9 Å². The molecule has 8 heteroatoms. The summed E-state index contributed by atoms with van der Waals surface area (Å²) in [6.07, 6.45) is 2.60. The van der Waals surface area contributed by atoms with E-state index >= 15 is 0 Å². The third-order valence-corrected chi connectivity index (χ3v) is 5.60. The lowest BCUT2D eigenvalue weighted by Gasteiger charge is -2.16. The molecule has 1 aromatic carbocycles. The fraction of sp³-hybridized carbons (Fsp3) is 0.391. The van der Waals surface area contributed by atoms with Gasteiger partial charge in [-0.1, -0.05) is 50.6 Å². The Balaban J connectivity index is 0.00000132. The number of benzene rings is 1. The van der Waals surface area contributed by atoms with E-state index in [4.69, 9.17) is 11.6 Å². The second-order valence-corrected chi connectivity index (χ2v) is 7.58. The Morgan fingerprint density at radius 2 is 1.97 bits per heavy atom. The number of hydrogen-bond donors (Lipinski definition) is 1. The fourth-order valence-corrected chi connectivity index (χ4v) is 3.62. The van der Waals surface area contributed by atoms with E-state index in [-0.39, 0.29) is 17.1 Å². The highest BCUT2D eigenvalue weighted by atomic mass is 35.5. The van der Waals surface area contributed by atoms with Crippen LogP contribution in [0.25, 0.3) is 11.0 Å². The molecule has 0 radical (unpaired) electrons. The molecule has 2 heterocycles. The minimum Gasteiger partial charge on any atom is -0.365 e. The fourth-order valence-electron chi connectivity index (χ4n) is 3.31. The summed E-state index contributed by atoms with van der Waals surface area (Å²) in [6.45, 7) is 5.77. The average molecular weight is 444 g/mol. The maximum Gasteiger partial charge on any atom is 0.273 e. The van der Waals surface area contributed by atoms with E-state index in [1.54, 1.807) is 12.1 Å². The predicted molar refractivity (Wildman–Crippen MR) is 118 cm³/mol. The maximum atomic E-state index is 14.0. The van der Waals surface area contributed by atoms with Gasteiger partial charge in [-0.3, -0.25) is 0 Å². The highest BCUT2D eigenvalue weighted by Crippen LogP contribution is 2.50. The number of nitriles is 1. The first-order valence-corrected chi connectivity index (χ1v) is 10.7. The summed E-state index contributed by atoms with van der Waals surface area (Å²) in [4.78, 5) is 12.8. The summed E-state index contributed by atoms with van der Waals surface area (Å²) in [5, 5.41) is 13.6. The molecule has 0 amide bonds. The molecule has 4 rings (SSSR count). The lowest BCUT2D eigenvalue weighted by molar-refractivity contribution is -0.00835. The molecule has 31 heavy (non-hydrogen) atoms. The zero-order valence-electron chi connectivity index (χ0n) is 17.7. The van der Waals surface area contributed by atoms with Crippen LogP contribution in [0, 0.1) is 11.3 Å². The van der Waals surface area contributed by atoms with Gasteiger partial charge in [-0.05, 0) is 30.5 Å². The third-order valence-electron chi connectivity index (χ3n) is 5.31. The molecule has 1 aliphatic rings. The first kappa shape index (κ1) is 22.8. The Bertz CT molecular complexity index is 1120. The topological polar surface area (TPSA) is 74.5 Å². The molecule has 5 nitrogen and oxygen atoms in total. The average Bonchev–Trinajstić information content (AvgIpc) is 3.60. The number of nitrogens with zero attached hydrogens (tertiary/aromatic N) is 4. The largest absolute Gasteiger partial charge is 0.365 e. The first-order chi connectivity index (χ1) is 14.9. The van der Waals surface area contributed by atoms with Crippen molar-refractivity contribution in [3.8, 4) is 6.07 Å². The van der Waals surface area contributed by atoms with Crippen LogP contribution in [0.4, 0.5) is 14.6 Å². The zero-order chi connectivity index (χ0) is 22.6. The zero-order valence-corrected chi connectivity index (χ0v) is 18.5. The minimum atomic E-state index is -2.86. The van der Waals surface area contributed by atoms with Crippen LogP contribution in [0.3, 0.4) is 0 Å². The van der Waals surface area contributed by atoms with Gasteiger partial charge in [-0.2, -0.15) is 5.26 Å². The van der Waals surface area contributed by atoms with E-state index in [2.05, 4.69) is 26.3 Å². The quantitative estimate of drug-likeness (QED) is 0.448. The van der Waals surface area contributed by atoms with Gasteiger partial charge in [0.2, 0.25) is 0 Å². The van der Waals surface area contributed by atoms with Crippen LogP contribution in [0.1, 0.15) is 56.7 Å². The van der Waals surface area contributed by atoms with Crippen molar-refractivity contribution in [2.24, 2.45) is 0 Å². The number of fused-ring (bicyclic) bond motifs is 1. The highest BCUT2D eigenvalue weighted by molar-refractivity contribution is 6.30. The molecule has 0 spiro atoms. The lowest BCUT2D eigenvalue weighted by atomic mass is 9.98. The molecule has 2 aromatic heterocycles. The van der Waals surface area contributed by atoms with Crippen molar-refractivity contribution in [2.45, 2.75) is 57.9 Å². The standard InChI is InChI=1S/C21H18ClF2N5.C2H6/c1-2-21(23,24)14-5-3-4-13(8-14)10-26-18-15-9-16(20(11-25)6-7-20)17(22)29-19(15)28-12-27-18;1-2/h3-5,8-9,12H,2,6-7,10H2,1H3,(H,26,27,28,29);1-2H3. The van der Waals surface area contributed by atoms with Crippen LogP contribution in [0.5, 0.6) is 0 Å². The van der Waals surface area contributed by atoms with Crippen molar-refractivity contribution in [1.29, 1.82) is 5.26 Å². The second-order valence-electron chi connectivity index (χ2n) is 7.23. The molecule has 0 unspecified atom stereocenters. The van der Waals surface area contributed by atoms with Gasteiger partial charge >= 0.3 is 0 Å². The molecule has 0 atom stereocenters. The van der Waals surface area contributed by atoms with Crippen molar-refractivity contribution in [1.82, 2.24) is 15.0 Å². The van der Waals surface area contributed by atoms with E-state index in [1.807, 2.05) is 19.9 Å². The Labute approximate surface area is 185 Å². The Hall–Kier alpha value is -2.85. The summed E-state index contributed by atoms with van der Waals surface area (Å²) >= 11 is 6.29. The van der Waals surface area contributed by atoms with Crippen molar-refractivity contribution in [3.63, 3.8) is 0 Å². The van der Waals surface area contributed by atoms with Gasteiger partial charge in [0.1, 0.15) is 17.3 Å². The van der Waals surface area contributed by atoms with Gasteiger partial charge in [0.05, 0.1) is 16.9 Å². The molecule has 1 saturated carbocycles. The molecular formula is C23H24ClF2N5. The van der Waals surface area contributed by atoms with Gasteiger partial charge in [0.25, 0.3) is 5.92 Å². The first-order valence-electron chi connectivity index (χ1n) is 10.3. The van der Waals surface area contributed by atoms with E-state index in [0.717, 1.165) is 12.8 Å². The minimum absolute atomic E-state index is 0.00715. The molecule has 0 aliphatic heterocycles. The monoisotopic (exact) mass is 443 g/mol. The number of aromatic nitrogens is 3. The molecule has 1 N–H and O–H groups in total. The molecule has 1 aliphatic carbocycles. The van der Waals surface area contributed by atoms with Crippen molar-refractivity contribution in [2.75, 3.05) is 5.32 Å². The van der Waals surface area contributed by atoms with Crippen LogP contribution < -0.4 is 5.32 Å². The molecular weight excluding hydrogens is 420 g/mol. The number of pyridine rings is 1. The Kier molecular flexibility index (Phi) is 6.71. The van der Waals surface area contributed by atoms with E-state index in [9.17, 15) is 14.0 Å². The summed E-state index contributed by atoms with van der Waals surface area (Å²) in [7, 11) is 0. The highest BCUT2D eigenvalue weighted by Gasteiger charge is 2.47. The summed E-state index contributed by atoms with van der Waals surface area (Å²) in [6, 6.07) is 10.5. The van der Waals surface area contributed by atoms with E-state index in [1.165, 1.54) is 25.4 Å². The number of rotatable bonds is 6. The van der Waals surface area contributed by atoms with Crippen molar-refractivity contribution < 1.29 is 8.78 Å². The normalized spacial score (nSPS) is 14.4. The SMILES string of the molecule is CC.CCC(F)(F)c1cccc(CNc2ncnc3nc(Cl)c(C4(C#N)CC4)cc23)c1. The number of alkyl halides is 2. The Morgan fingerprint density at radius 1 is 1.23 bits per heavy atom. The van der Waals surface area contributed by atoms with Gasteiger partial charge < -0.3 is 5.32 Å². The van der Waals surface area contributed by atoms with Crippen LogP contribution in [-0.4, -0.2) is 15.0 Å². The lowest BCUT2D eigenvalue weighted by Crippen LogP contribution is -2.12. The van der Waals surface area contributed by atoms with Crippen LogP contribution >= 0.6 is 11.6 Å². The molecule has 0 saturated heterocycles. The summed E-state index contributed by atoms with van der Waals surface area (Å²) in [5.74, 6) is -2.34. The second kappa shape index (κ2) is 9.11. The predicted octanol–water partition coefficient (Wildman–Crippen LogP) is 6.37. The number of hydrogen-bond acceptors (Lipinski definition) is 5. The maximum absolute atomic E-state index is 14.0. The van der Waals surface area contributed by atoms with E-state index < -0.39 is 11.3 Å². The smallest absolute Gasteiger partial charge is 0.273 e. The van der Waals surface area contributed by atoms with Crippen LogP contribution in [0.15, 0.2) is 36.7 Å². The molecule has 162 valence electrons. The third kappa shape index (κ3) is 4.59. The van der Waals surface area contributed by atoms with Gasteiger partial charge in [0, 0.05) is 24.1 Å². The summed E-state index contributed by atoms with van der Waals surface area (Å²) in [5.41, 5.74) is 1.20. The van der Waals surface area contributed by atoms with Crippen molar-refractivity contribution >= 4 is 28.5 Å². The van der Waals surface area contributed by atoms with Crippen molar-refractivity contribution in [3.05, 3.63) is 58.5 Å². The van der Waals surface area contributed by atoms with E-state index in [0.29, 0.717) is 34.5 Å². The summed E-state index contributed by atoms with van der Waals surface area (Å²) < 4.78 is 28.0. The van der Waals surface area contributed by atoms with Gasteiger partial charge in [0.15, 0.2) is 5.65 Å². The number of anilines is 1. The molecule has 1 fully saturated rings. The van der Waals surface area contributed by atoms with Gasteiger partial charge in [-0.15, -0.1) is 0 Å². The van der Waals surface area contributed by atoms with Crippen LogP contribution in [0.2, 0.25) is 5.15 Å². The molecule has 0 bridgehead atoms. The number of halogens is 3.